The summed E-state index contributed by atoms with van der Waals surface area (Å²) in [5.74, 6) is -0.758. The fourth-order valence-corrected chi connectivity index (χ4v) is 3.32. The van der Waals surface area contributed by atoms with Crippen LogP contribution >= 0.6 is 11.3 Å². The maximum Gasteiger partial charge on any atom is 0.320 e. The van der Waals surface area contributed by atoms with Gasteiger partial charge in [-0.2, -0.15) is 0 Å². The van der Waals surface area contributed by atoms with Crippen molar-refractivity contribution in [1.82, 2.24) is 5.32 Å². The minimum absolute atomic E-state index is 0.419. The lowest BCUT2D eigenvalue weighted by molar-refractivity contribution is -0.139. The molecule has 3 nitrogen and oxygen atoms in total. The van der Waals surface area contributed by atoms with Gasteiger partial charge in [-0.15, -0.1) is 11.3 Å². The molecule has 1 aliphatic carbocycles. The highest BCUT2D eigenvalue weighted by atomic mass is 32.1. The summed E-state index contributed by atoms with van der Waals surface area (Å²) in [5.41, 5.74) is 1.48. The van der Waals surface area contributed by atoms with Crippen LogP contribution in [0.15, 0.2) is 6.07 Å². The monoisotopic (exact) mass is 239 g/mol. The summed E-state index contributed by atoms with van der Waals surface area (Å²) in [7, 11) is 0. The number of thiophene rings is 1. The smallest absolute Gasteiger partial charge is 0.320 e. The molecule has 88 valence electrons. The number of carbonyl (C=O) groups is 1. The first-order chi connectivity index (χ1) is 7.70. The Morgan fingerprint density at radius 1 is 1.62 bits per heavy atom. The Hall–Kier alpha value is -0.870. The van der Waals surface area contributed by atoms with Gasteiger partial charge in [0.1, 0.15) is 6.04 Å². The number of aliphatic carboxylic acids is 1. The maximum atomic E-state index is 10.8. The van der Waals surface area contributed by atoms with E-state index in [9.17, 15) is 4.79 Å². The first-order valence-corrected chi connectivity index (χ1v) is 6.59. The number of carboxylic acids is 1. The van der Waals surface area contributed by atoms with Gasteiger partial charge in [-0.05, 0) is 37.3 Å². The molecule has 1 aliphatic rings. The van der Waals surface area contributed by atoms with Gasteiger partial charge in [-0.25, -0.2) is 0 Å². The second kappa shape index (κ2) is 4.97. The first-order valence-electron chi connectivity index (χ1n) is 5.77. The highest BCUT2D eigenvalue weighted by molar-refractivity contribution is 7.12. The molecule has 0 fully saturated rings. The molecule has 0 aliphatic heterocycles. The number of hydrogen-bond acceptors (Lipinski definition) is 3. The standard InChI is InChI=1S/C12H17NO2S/c1-2-10(12(14)15)13-7-9-6-8-4-3-5-11(8)16-9/h6,10,13H,2-5,7H2,1H3,(H,14,15). The van der Waals surface area contributed by atoms with E-state index in [-0.39, 0.29) is 0 Å². The van der Waals surface area contributed by atoms with E-state index in [0.29, 0.717) is 13.0 Å². The van der Waals surface area contributed by atoms with E-state index in [1.54, 1.807) is 0 Å². The van der Waals surface area contributed by atoms with E-state index >= 15 is 0 Å². The average molecular weight is 239 g/mol. The molecule has 0 saturated heterocycles. The van der Waals surface area contributed by atoms with Crippen molar-refractivity contribution < 1.29 is 9.90 Å². The zero-order valence-corrected chi connectivity index (χ0v) is 10.3. The van der Waals surface area contributed by atoms with Crippen LogP contribution < -0.4 is 5.32 Å². The molecular weight excluding hydrogens is 222 g/mol. The van der Waals surface area contributed by atoms with Crippen LogP contribution in [0.3, 0.4) is 0 Å². The zero-order chi connectivity index (χ0) is 11.5. The Balaban J connectivity index is 1.92. The SMILES string of the molecule is CCC(NCc1cc2c(s1)CCC2)C(=O)O. The van der Waals surface area contributed by atoms with Crippen LogP contribution in [0.1, 0.15) is 35.1 Å². The minimum Gasteiger partial charge on any atom is -0.480 e. The second-order valence-electron chi connectivity index (χ2n) is 4.19. The van der Waals surface area contributed by atoms with Crippen LogP contribution in [-0.4, -0.2) is 17.1 Å². The Bertz CT molecular complexity index is 365. The largest absolute Gasteiger partial charge is 0.480 e. The minimum atomic E-state index is -0.758. The van der Waals surface area contributed by atoms with Crippen molar-refractivity contribution in [2.45, 2.75) is 45.2 Å². The average Bonchev–Trinajstić information content (AvgIpc) is 2.77. The van der Waals surface area contributed by atoms with E-state index in [4.69, 9.17) is 5.11 Å². The van der Waals surface area contributed by atoms with E-state index < -0.39 is 12.0 Å². The molecule has 0 aromatic carbocycles. The van der Waals surface area contributed by atoms with E-state index in [1.165, 1.54) is 34.6 Å². The normalized spacial score (nSPS) is 16.1. The molecular formula is C12H17NO2S. The van der Waals surface area contributed by atoms with Gasteiger partial charge in [0.2, 0.25) is 0 Å². The quantitative estimate of drug-likeness (QED) is 0.828. The lowest BCUT2D eigenvalue weighted by Crippen LogP contribution is -2.35. The van der Waals surface area contributed by atoms with Crippen molar-refractivity contribution in [3.05, 3.63) is 21.4 Å². The van der Waals surface area contributed by atoms with Crippen LogP contribution in [0.5, 0.6) is 0 Å². The van der Waals surface area contributed by atoms with Gasteiger partial charge in [0.15, 0.2) is 0 Å². The molecule has 2 rings (SSSR count). The lowest BCUT2D eigenvalue weighted by Gasteiger charge is -2.10. The van der Waals surface area contributed by atoms with Gasteiger partial charge in [0.25, 0.3) is 0 Å². The third-order valence-electron chi connectivity index (χ3n) is 3.03. The van der Waals surface area contributed by atoms with Crippen molar-refractivity contribution in [3.63, 3.8) is 0 Å². The van der Waals surface area contributed by atoms with E-state index in [1.807, 2.05) is 18.3 Å². The number of carboxylic acid groups (broad SMARTS) is 1. The third kappa shape index (κ3) is 2.44. The molecule has 1 heterocycles. The summed E-state index contributed by atoms with van der Waals surface area (Å²) in [6.45, 7) is 2.57. The Morgan fingerprint density at radius 2 is 2.44 bits per heavy atom. The molecule has 1 aromatic heterocycles. The van der Waals surface area contributed by atoms with E-state index in [0.717, 1.165) is 0 Å². The summed E-state index contributed by atoms with van der Waals surface area (Å²) in [4.78, 5) is 13.6. The molecule has 1 atom stereocenters. The topological polar surface area (TPSA) is 49.3 Å². The molecule has 0 spiro atoms. The zero-order valence-electron chi connectivity index (χ0n) is 9.45. The lowest BCUT2D eigenvalue weighted by atomic mass is 10.2. The van der Waals surface area contributed by atoms with Gasteiger partial charge in [0, 0.05) is 16.3 Å². The predicted octanol–water partition coefficient (Wildman–Crippen LogP) is 2.19. The van der Waals surface area contributed by atoms with Gasteiger partial charge in [-0.3, -0.25) is 10.1 Å². The van der Waals surface area contributed by atoms with Gasteiger partial charge >= 0.3 is 5.97 Å². The highest BCUT2D eigenvalue weighted by Gasteiger charge is 2.17. The van der Waals surface area contributed by atoms with Crippen LogP contribution in [-0.2, 0) is 24.2 Å². The second-order valence-corrected chi connectivity index (χ2v) is 5.42. The number of fused-ring (bicyclic) bond motifs is 1. The van der Waals surface area contributed by atoms with Gasteiger partial charge in [-0.1, -0.05) is 6.92 Å². The van der Waals surface area contributed by atoms with Crippen molar-refractivity contribution >= 4 is 17.3 Å². The fraction of sp³-hybridized carbons (Fsp3) is 0.583. The number of nitrogens with one attached hydrogen (secondary N) is 1. The summed E-state index contributed by atoms with van der Waals surface area (Å²) in [5, 5.41) is 12.0. The van der Waals surface area contributed by atoms with Crippen LogP contribution in [0.4, 0.5) is 0 Å². The number of rotatable bonds is 5. The van der Waals surface area contributed by atoms with Crippen LogP contribution in [0, 0.1) is 0 Å². The fourth-order valence-electron chi connectivity index (χ4n) is 2.11. The van der Waals surface area contributed by atoms with E-state index in [2.05, 4.69) is 11.4 Å². The summed E-state index contributed by atoms with van der Waals surface area (Å²) in [6.07, 6.45) is 4.31. The van der Waals surface area contributed by atoms with Crippen molar-refractivity contribution in [2.24, 2.45) is 0 Å². The molecule has 2 N–H and O–H groups in total. The molecule has 4 heteroatoms. The van der Waals surface area contributed by atoms with Gasteiger partial charge < -0.3 is 5.11 Å². The number of aryl methyl sites for hydroxylation is 2. The highest BCUT2D eigenvalue weighted by Crippen LogP contribution is 2.30. The molecule has 1 aromatic rings. The Morgan fingerprint density at radius 3 is 3.06 bits per heavy atom. The van der Waals surface area contributed by atoms with Crippen molar-refractivity contribution in [3.8, 4) is 0 Å². The summed E-state index contributed by atoms with van der Waals surface area (Å²) >= 11 is 1.83. The summed E-state index contributed by atoms with van der Waals surface area (Å²) in [6, 6.07) is 1.81. The predicted molar refractivity (Wildman–Crippen MR) is 64.9 cm³/mol. The molecule has 0 amide bonds. The molecule has 0 radical (unpaired) electrons. The van der Waals surface area contributed by atoms with Gasteiger partial charge in [0.05, 0.1) is 0 Å². The molecule has 0 bridgehead atoms. The number of hydrogen-bond donors (Lipinski definition) is 2. The third-order valence-corrected chi connectivity index (χ3v) is 4.26. The summed E-state index contributed by atoms with van der Waals surface area (Å²) < 4.78 is 0. The van der Waals surface area contributed by atoms with Crippen molar-refractivity contribution in [2.75, 3.05) is 0 Å². The molecule has 0 saturated carbocycles. The Kier molecular flexibility index (Phi) is 3.61. The Labute approximate surface area is 99.5 Å². The van der Waals surface area contributed by atoms with Crippen LogP contribution in [0.2, 0.25) is 0 Å². The molecule has 1 unspecified atom stereocenters. The van der Waals surface area contributed by atoms with Crippen LogP contribution in [0.25, 0.3) is 0 Å². The molecule has 16 heavy (non-hydrogen) atoms. The maximum absolute atomic E-state index is 10.8. The first kappa shape index (κ1) is 11.6. The van der Waals surface area contributed by atoms with Crippen molar-refractivity contribution in [1.29, 1.82) is 0 Å².